The molecule has 2 amide bonds. The fourth-order valence-corrected chi connectivity index (χ4v) is 1.50. The third-order valence-corrected chi connectivity index (χ3v) is 2.30. The smallest absolute Gasteiger partial charge is 0.333 e. The van der Waals surface area contributed by atoms with Crippen LogP contribution in [0, 0.1) is 0 Å². The Balaban J connectivity index is 1.80. The lowest BCUT2D eigenvalue weighted by atomic mass is 10.3. The van der Waals surface area contributed by atoms with Gasteiger partial charge in [0.25, 0.3) is 0 Å². The van der Waals surface area contributed by atoms with Crippen LogP contribution in [0.2, 0.25) is 0 Å². The number of hydrogen-bond acceptors (Lipinski definition) is 3. The van der Waals surface area contributed by atoms with Gasteiger partial charge in [-0.3, -0.25) is 5.43 Å². The first-order valence-corrected chi connectivity index (χ1v) is 5.30. The number of hydrazine groups is 1. The number of urea groups is 1. The molecule has 0 aliphatic carbocycles. The van der Waals surface area contributed by atoms with Crippen LogP contribution < -0.4 is 10.7 Å². The molecular formula is C11H15N3O2. The van der Waals surface area contributed by atoms with Crippen LogP contribution in [0.1, 0.15) is 0 Å². The molecule has 1 heterocycles. The van der Waals surface area contributed by atoms with E-state index in [9.17, 15) is 4.79 Å². The highest BCUT2D eigenvalue weighted by molar-refractivity contribution is 5.88. The highest BCUT2D eigenvalue weighted by Gasteiger charge is 2.12. The van der Waals surface area contributed by atoms with Gasteiger partial charge in [-0.1, -0.05) is 18.2 Å². The van der Waals surface area contributed by atoms with Crippen molar-refractivity contribution in [3.63, 3.8) is 0 Å². The van der Waals surface area contributed by atoms with Gasteiger partial charge in [0, 0.05) is 18.8 Å². The van der Waals surface area contributed by atoms with Crippen LogP contribution in [0.15, 0.2) is 30.3 Å². The monoisotopic (exact) mass is 221 g/mol. The van der Waals surface area contributed by atoms with Crippen molar-refractivity contribution in [3.8, 4) is 0 Å². The number of morpholine rings is 1. The molecule has 2 rings (SSSR count). The molecule has 1 aliphatic heterocycles. The van der Waals surface area contributed by atoms with E-state index in [-0.39, 0.29) is 6.03 Å². The summed E-state index contributed by atoms with van der Waals surface area (Å²) >= 11 is 0. The largest absolute Gasteiger partial charge is 0.379 e. The summed E-state index contributed by atoms with van der Waals surface area (Å²) in [5.41, 5.74) is 3.56. The number of anilines is 1. The zero-order chi connectivity index (χ0) is 11.2. The average Bonchev–Trinajstić information content (AvgIpc) is 2.31. The van der Waals surface area contributed by atoms with Gasteiger partial charge >= 0.3 is 6.03 Å². The van der Waals surface area contributed by atoms with E-state index < -0.39 is 0 Å². The predicted molar refractivity (Wildman–Crippen MR) is 61.0 cm³/mol. The summed E-state index contributed by atoms with van der Waals surface area (Å²) in [4.78, 5) is 11.6. The molecule has 0 radical (unpaired) electrons. The van der Waals surface area contributed by atoms with Crippen molar-refractivity contribution >= 4 is 11.7 Å². The van der Waals surface area contributed by atoms with Crippen LogP contribution in [-0.4, -0.2) is 37.3 Å². The van der Waals surface area contributed by atoms with E-state index >= 15 is 0 Å². The molecule has 0 bridgehead atoms. The van der Waals surface area contributed by atoms with E-state index in [1.54, 1.807) is 0 Å². The van der Waals surface area contributed by atoms with Gasteiger partial charge in [0.15, 0.2) is 0 Å². The number of amides is 2. The van der Waals surface area contributed by atoms with Crippen molar-refractivity contribution in [1.29, 1.82) is 0 Å². The van der Waals surface area contributed by atoms with Crippen LogP contribution in [0.3, 0.4) is 0 Å². The van der Waals surface area contributed by atoms with Crippen LogP contribution in [0.25, 0.3) is 0 Å². The van der Waals surface area contributed by atoms with E-state index in [0.29, 0.717) is 13.2 Å². The standard InChI is InChI=1S/C11H15N3O2/c15-11(12-10-4-2-1-3-5-10)13-14-6-8-16-9-7-14/h1-5H,6-9H2,(H2,12,13,15). The second-order valence-corrected chi connectivity index (χ2v) is 3.53. The Bertz CT molecular complexity index is 336. The maximum atomic E-state index is 11.6. The predicted octanol–water partition coefficient (Wildman–Crippen LogP) is 1.06. The first kappa shape index (κ1) is 10.9. The third kappa shape index (κ3) is 3.22. The minimum Gasteiger partial charge on any atom is -0.379 e. The highest BCUT2D eigenvalue weighted by Crippen LogP contribution is 2.04. The van der Waals surface area contributed by atoms with Gasteiger partial charge in [-0.2, -0.15) is 0 Å². The zero-order valence-corrected chi connectivity index (χ0v) is 8.98. The van der Waals surface area contributed by atoms with Crippen LogP contribution in [0.4, 0.5) is 10.5 Å². The molecule has 0 atom stereocenters. The topological polar surface area (TPSA) is 53.6 Å². The van der Waals surface area contributed by atoms with Gasteiger partial charge in [-0.15, -0.1) is 0 Å². The number of para-hydroxylation sites is 1. The van der Waals surface area contributed by atoms with E-state index in [0.717, 1.165) is 18.8 Å². The Morgan fingerprint density at radius 2 is 1.88 bits per heavy atom. The number of hydrogen-bond donors (Lipinski definition) is 2. The zero-order valence-electron chi connectivity index (χ0n) is 8.98. The summed E-state index contributed by atoms with van der Waals surface area (Å²) in [6.45, 7) is 2.77. The Kier molecular flexibility index (Phi) is 3.74. The number of nitrogens with zero attached hydrogens (tertiary/aromatic N) is 1. The number of carbonyl (C=O) groups is 1. The van der Waals surface area contributed by atoms with Crippen LogP contribution in [-0.2, 0) is 4.74 Å². The van der Waals surface area contributed by atoms with Crippen molar-refractivity contribution in [1.82, 2.24) is 10.4 Å². The first-order valence-electron chi connectivity index (χ1n) is 5.30. The lowest BCUT2D eigenvalue weighted by molar-refractivity contribution is 0.0207. The fraction of sp³-hybridized carbons (Fsp3) is 0.364. The molecule has 1 fully saturated rings. The minimum atomic E-state index is -0.215. The summed E-state index contributed by atoms with van der Waals surface area (Å²) in [5.74, 6) is 0. The molecule has 0 aromatic heterocycles. The molecule has 86 valence electrons. The Hall–Kier alpha value is -1.59. The number of rotatable bonds is 2. The summed E-state index contributed by atoms with van der Waals surface area (Å²) in [6, 6.07) is 9.14. The van der Waals surface area contributed by atoms with Crippen molar-refractivity contribution in [2.75, 3.05) is 31.6 Å². The van der Waals surface area contributed by atoms with E-state index in [1.807, 2.05) is 35.3 Å². The number of carbonyl (C=O) groups excluding carboxylic acids is 1. The number of benzene rings is 1. The lowest BCUT2D eigenvalue weighted by Gasteiger charge is -2.26. The van der Waals surface area contributed by atoms with Gasteiger partial charge in [0.1, 0.15) is 0 Å². The van der Waals surface area contributed by atoms with Gasteiger partial charge in [-0.25, -0.2) is 9.80 Å². The molecule has 1 saturated heterocycles. The second-order valence-electron chi connectivity index (χ2n) is 3.53. The fourth-order valence-electron chi connectivity index (χ4n) is 1.50. The van der Waals surface area contributed by atoms with Gasteiger partial charge in [0.05, 0.1) is 13.2 Å². The summed E-state index contributed by atoms with van der Waals surface area (Å²) in [6.07, 6.45) is 0. The Labute approximate surface area is 94.4 Å². The molecule has 2 N–H and O–H groups in total. The summed E-state index contributed by atoms with van der Waals surface area (Å²) < 4.78 is 5.19. The van der Waals surface area contributed by atoms with Crippen molar-refractivity contribution in [2.24, 2.45) is 0 Å². The summed E-state index contributed by atoms with van der Waals surface area (Å²) in [7, 11) is 0. The highest BCUT2D eigenvalue weighted by atomic mass is 16.5. The van der Waals surface area contributed by atoms with Crippen molar-refractivity contribution < 1.29 is 9.53 Å². The number of nitrogens with one attached hydrogen (secondary N) is 2. The van der Waals surface area contributed by atoms with Crippen molar-refractivity contribution in [2.45, 2.75) is 0 Å². The van der Waals surface area contributed by atoms with E-state index in [1.165, 1.54) is 0 Å². The molecule has 16 heavy (non-hydrogen) atoms. The molecule has 1 aromatic carbocycles. The van der Waals surface area contributed by atoms with Crippen molar-refractivity contribution in [3.05, 3.63) is 30.3 Å². The van der Waals surface area contributed by atoms with E-state index in [4.69, 9.17) is 4.74 Å². The third-order valence-electron chi connectivity index (χ3n) is 2.30. The number of ether oxygens (including phenoxy) is 1. The maximum Gasteiger partial charge on any atom is 0.333 e. The van der Waals surface area contributed by atoms with Gasteiger partial charge in [0.2, 0.25) is 0 Å². The lowest BCUT2D eigenvalue weighted by Crippen LogP contribution is -2.49. The van der Waals surface area contributed by atoms with Crippen LogP contribution >= 0.6 is 0 Å². The normalized spacial score (nSPS) is 16.8. The van der Waals surface area contributed by atoms with Crippen LogP contribution in [0.5, 0.6) is 0 Å². The molecule has 0 unspecified atom stereocenters. The van der Waals surface area contributed by atoms with E-state index in [2.05, 4.69) is 10.7 Å². The molecule has 1 aliphatic rings. The first-order chi connectivity index (χ1) is 7.84. The SMILES string of the molecule is O=C(Nc1ccccc1)NN1CCOCC1. The molecule has 0 saturated carbocycles. The minimum absolute atomic E-state index is 0.215. The summed E-state index contributed by atoms with van der Waals surface area (Å²) in [5, 5.41) is 4.61. The molecule has 5 heteroatoms. The van der Waals surface area contributed by atoms with Gasteiger partial charge < -0.3 is 10.1 Å². The molecular weight excluding hydrogens is 206 g/mol. The maximum absolute atomic E-state index is 11.6. The second kappa shape index (κ2) is 5.48. The molecule has 1 aromatic rings. The molecule has 5 nitrogen and oxygen atoms in total. The van der Waals surface area contributed by atoms with Gasteiger partial charge in [-0.05, 0) is 12.1 Å². The Morgan fingerprint density at radius 1 is 1.19 bits per heavy atom. The average molecular weight is 221 g/mol. The molecule has 0 spiro atoms. The Morgan fingerprint density at radius 3 is 2.56 bits per heavy atom. The quantitative estimate of drug-likeness (QED) is 0.785.